The molecule has 3 heterocycles. The molecule has 11 heteroatoms. The first-order valence-electron chi connectivity index (χ1n) is 7.22. The predicted molar refractivity (Wildman–Crippen MR) is 80.5 cm³/mol. The van der Waals surface area contributed by atoms with Crippen molar-refractivity contribution in [2.24, 2.45) is 7.05 Å². The van der Waals surface area contributed by atoms with Gasteiger partial charge in [0.05, 0.1) is 12.6 Å². The standard InChI is InChI=1S/C13H17F3N6O.ClH/c1-21-4-3-18-12(21)9-7-17-2-5-22(9)8-11-19-10(20-23-11)6-13(14,15)16;/h3-4,9,17H,2,5-8H2,1H3;1H. The summed E-state index contributed by atoms with van der Waals surface area (Å²) in [6.07, 6.45) is -1.95. The summed E-state index contributed by atoms with van der Waals surface area (Å²) in [5.74, 6) is 0.730. The molecule has 134 valence electrons. The van der Waals surface area contributed by atoms with Crippen molar-refractivity contribution in [3.63, 3.8) is 0 Å². The Morgan fingerprint density at radius 3 is 2.88 bits per heavy atom. The smallest absolute Gasteiger partial charge is 0.338 e. The first-order valence-corrected chi connectivity index (χ1v) is 7.22. The van der Waals surface area contributed by atoms with Gasteiger partial charge in [0, 0.05) is 39.1 Å². The Morgan fingerprint density at radius 2 is 2.21 bits per heavy atom. The topological polar surface area (TPSA) is 72.0 Å². The van der Waals surface area contributed by atoms with E-state index in [1.807, 2.05) is 17.8 Å². The maximum Gasteiger partial charge on any atom is 0.396 e. The quantitative estimate of drug-likeness (QED) is 0.883. The predicted octanol–water partition coefficient (Wildman–Crippen LogP) is 1.48. The Hall–Kier alpha value is -1.65. The molecule has 2 aromatic heterocycles. The van der Waals surface area contributed by atoms with Crippen molar-refractivity contribution >= 4 is 12.4 Å². The summed E-state index contributed by atoms with van der Waals surface area (Å²) in [6, 6.07) is 0.00159. The normalized spacial score (nSPS) is 19.2. The summed E-state index contributed by atoms with van der Waals surface area (Å²) in [5.41, 5.74) is 0. The summed E-state index contributed by atoms with van der Waals surface area (Å²) >= 11 is 0. The average molecular weight is 367 g/mol. The minimum atomic E-state index is -4.34. The van der Waals surface area contributed by atoms with Crippen LogP contribution in [0.5, 0.6) is 0 Å². The van der Waals surface area contributed by atoms with Gasteiger partial charge in [0.15, 0.2) is 5.82 Å². The number of nitrogens with one attached hydrogen (secondary N) is 1. The van der Waals surface area contributed by atoms with Crippen LogP contribution in [0.1, 0.15) is 23.6 Å². The highest BCUT2D eigenvalue weighted by molar-refractivity contribution is 5.85. The average Bonchev–Trinajstić information content (AvgIpc) is 3.07. The molecule has 1 atom stereocenters. The number of piperazine rings is 1. The summed E-state index contributed by atoms with van der Waals surface area (Å²) in [4.78, 5) is 10.3. The van der Waals surface area contributed by atoms with Crippen LogP contribution < -0.4 is 5.32 Å². The summed E-state index contributed by atoms with van der Waals surface area (Å²) < 4.78 is 43.9. The van der Waals surface area contributed by atoms with Crippen LogP contribution >= 0.6 is 12.4 Å². The SMILES string of the molecule is Cl.Cn1ccnc1C1CNCCN1Cc1nc(CC(F)(F)F)no1. The van der Waals surface area contributed by atoms with Crippen LogP contribution in [0.25, 0.3) is 0 Å². The van der Waals surface area contributed by atoms with Crippen molar-refractivity contribution in [3.05, 3.63) is 29.9 Å². The number of rotatable bonds is 4. The molecule has 0 radical (unpaired) electrons. The third-order valence-corrected chi connectivity index (χ3v) is 3.72. The van der Waals surface area contributed by atoms with E-state index in [0.29, 0.717) is 19.6 Å². The summed E-state index contributed by atoms with van der Waals surface area (Å²) in [5, 5.41) is 6.70. The molecular formula is C13H18ClF3N6O. The number of nitrogens with zero attached hydrogens (tertiary/aromatic N) is 5. The molecule has 0 saturated carbocycles. The Balaban J connectivity index is 0.00000208. The molecule has 1 fully saturated rings. The lowest BCUT2D eigenvalue weighted by Crippen LogP contribution is -2.46. The molecule has 0 aliphatic carbocycles. The van der Waals surface area contributed by atoms with Crippen molar-refractivity contribution in [1.29, 1.82) is 0 Å². The molecule has 7 nitrogen and oxygen atoms in total. The number of alkyl halides is 3. The van der Waals surface area contributed by atoms with E-state index in [0.717, 1.165) is 12.4 Å². The van der Waals surface area contributed by atoms with Crippen LogP contribution in [0.15, 0.2) is 16.9 Å². The molecule has 2 aromatic rings. The van der Waals surface area contributed by atoms with Gasteiger partial charge in [0.25, 0.3) is 0 Å². The molecule has 0 bridgehead atoms. The lowest BCUT2D eigenvalue weighted by atomic mass is 10.1. The second-order valence-corrected chi connectivity index (χ2v) is 5.48. The third kappa shape index (κ3) is 4.46. The number of hydrogen-bond donors (Lipinski definition) is 1. The van der Waals surface area contributed by atoms with E-state index < -0.39 is 12.6 Å². The second-order valence-electron chi connectivity index (χ2n) is 5.48. The Kier molecular flexibility index (Phi) is 5.83. The Bertz CT molecular complexity index is 658. The molecule has 1 N–H and O–H groups in total. The molecule has 1 aliphatic heterocycles. The van der Waals surface area contributed by atoms with Crippen molar-refractivity contribution < 1.29 is 17.7 Å². The second kappa shape index (κ2) is 7.49. The summed E-state index contributed by atoms with van der Waals surface area (Å²) in [6.45, 7) is 2.50. The number of imidazole rings is 1. The third-order valence-electron chi connectivity index (χ3n) is 3.72. The van der Waals surface area contributed by atoms with Crippen LogP contribution in [0.4, 0.5) is 13.2 Å². The van der Waals surface area contributed by atoms with Gasteiger partial charge >= 0.3 is 6.18 Å². The molecule has 24 heavy (non-hydrogen) atoms. The molecule has 0 aromatic carbocycles. The fraction of sp³-hybridized carbons (Fsp3) is 0.615. The van der Waals surface area contributed by atoms with Crippen molar-refractivity contribution in [1.82, 2.24) is 29.9 Å². The van der Waals surface area contributed by atoms with E-state index >= 15 is 0 Å². The van der Waals surface area contributed by atoms with E-state index in [1.165, 1.54) is 0 Å². The van der Waals surface area contributed by atoms with Gasteiger partial charge in [-0.25, -0.2) is 4.98 Å². The van der Waals surface area contributed by atoms with Crippen LogP contribution in [0.3, 0.4) is 0 Å². The fourth-order valence-electron chi connectivity index (χ4n) is 2.67. The molecule has 0 spiro atoms. The lowest BCUT2D eigenvalue weighted by Gasteiger charge is -2.34. The maximum atomic E-state index is 12.4. The number of aryl methyl sites for hydroxylation is 1. The molecule has 3 rings (SSSR count). The maximum absolute atomic E-state index is 12.4. The monoisotopic (exact) mass is 366 g/mol. The lowest BCUT2D eigenvalue weighted by molar-refractivity contribution is -0.128. The van der Waals surface area contributed by atoms with Crippen LogP contribution in [0.2, 0.25) is 0 Å². The zero-order chi connectivity index (χ0) is 16.4. The molecule has 0 amide bonds. The van der Waals surface area contributed by atoms with E-state index in [1.54, 1.807) is 6.20 Å². The first-order chi connectivity index (χ1) is 10.9. The number of hydrogen-bond acceptors (Lipinski definition) is 6. The van der Waals surface area contributed by atoms with E-state index in [-0.39, 0.29) is 30.2 Å². The molecular weight excluding hydrogens is 349 g/mol. The first kappa shape index (κ1) is 18.7. The van der Waals surface area contributed by atoms with Crippen LogP contribution in [0, 0.1) is 0 Å². The van der Waals surface area contributed by atoms with Gasteiger partial charge in [-0.15, -0.1) is 12.4 Å². The van der Waals surface area contributed by atoms with Crippen molar-refractivity contribution in [2.45, 2.75) is 25.2 Å². The van der Waals surface area contributed by atoms with Crippen molar-refractivity contribution in [2.75, 3.05) is 19.6 Å². The summed E-state index contributed by atoms with van der Waals surface area (Å²) in [7, 11) is 1.91. The van der Waals surface area contributed by atoms with Gasteiger partial charge < -0.3 is 14.4 Å². The van der Waals surface area contributed by atoms with Gasteiger partial charge in [-0.3, -0.25) is 4.90 Å². The highest BCUT2D eigenvalue weighted by atomic mass is 35.5. The van der Waals surface area contributed by atoms with Crippen LogP contribution in [-0.2, 0) is 20.0 Å². The zero-order valence-electron chi connectivity index (χ0n) is 13.0. The van der Waals surface area contributed by atoms with Gasteiger partial charge in [-0.1, -0.05) is 5.16 Å². The Labute approximate surface area is 142 Å². The molecule has 1 aliphatic rings. The van der Waals surface area contributed by atoms with Gasteiger partial charge in [-0.05, 0) is 0 Å². The van der Waals surface area contributed by atoms with Crippen LogP contribution in [-0.4, -0.2) is 50.4 Å². The van der Waals surface area contributed by atoms with Crippen molar-refractivity contribution in [3.8, 4) is 0 Å². The minimum absolute atomic E-state index is 0. The fourth-order valence-corrected chi connectivity index (χ4v) is 2.67. The van der Waals surface area contributed by atoms with Gasteiger partial charge in [-0.2, -0.15) is 18.2 Å². The van der Waals surface area contributed by atoms with E-state index in [9.17, 15) is 13.2 Å². The van der Waals surface area contributed by atoms with Gasteiger partial charge in [0.2, 0.25) is 5.89 Å². The highest BCUT2D eigenvalue weighted by Crippen LogP contribution is 2.23. The minimum Gasteiger partial charge on any atom is -0.338 e. The molecule has 1 saturated heterocycles. The number of halogens is 4. The highest BCUT2D eigenvalue weighted by Gasteiger charge is 2.32. The largest absolute Gasteiger partial charge is 0.396 e. The van der Waals surface area contributed by atoms with E-state index in [2.05, 4.69) is 25.3 Å². The Morgan fingerprint density at radius 1 is 1.42 bits per heavy atom. The van der Waals surface area contributed by atoms with E-state index in [4.69, 9.17) is 4.52 Å². The molecule has 1 unspecified atom stereocenters. The zero-order valence-corrected chi connectivity index (χ0v) is 13.8. The van der Waals surface area contributed by atoms with Gasteiger partial charge in [0.1, 0.15) is 12.2 Å². The number of aromatic nitrogens is 4.